The molecule has 3 rings (SSSR count). The fraction of sp³-hybridized carbons (Fsp3) is 0.368. The number of likely N-dealkylation sites (tertiary alicyclic amines) is 1. The van der Waals surface area contributed by atoms with Crippen LogP contribution in [0.2, 0.25) is 0 Å². The number of benzene rings is 1. The largest absolute Gasteiger partial charge is 0.438 e. The summed E-state index contributed by atoms with van der Waals surface area (Å²) < 4.78 is 73.0. The molecule has 0 atom stereocenters. The Kier molecular flexibility index (Phi) is 5.84. The topological polar surface area (TPSA) is 94.5 Å². The summed E-state index contributed by atoms with van der Waals surface area (Å²) in [6.45, 7) is -0.260. The van der Waals surface area contributed by atoms with Crippen molar-refractivity contribution in [2.45, 2.75) is 31.5 Å². The van der Waals surface area contributed by atoms with Crippen LogP contribution >= 0.6 is 0 Å². The van der Waals surface area contributed by atoms with Crippen LogP contribution in [0.4, 0.5) is 27.6 Å². The highest BCUT2D eigenvalue weighted by molar-refractivity contribution is 5.98. The number of carbonyl (C=O) groups is 1. The first kappa shape index (κ1) is 21.8. The van der Waals surface area contributed by atoms with Crippen molar-refractivity contribution in [3.63, 3.8) is 0 Å². The fourth-order valence-electron chi connectivity index (χ4n) is 3.23. The van der Waals surface area contributed by atoms with Crippen LogP contribution in [0.15, 0.2) is 30.5 Å². The van der Waals surface area contributed by atoms with Crippen LogP contribution < -0.4 is 16.2 Å². The van der Waals surface area contributed by atoms with Gasteiger partial charge in [0.05, 0.1) is 12.1 Å². The summed E-state index contributed by atoms with van der Waals surface area (Å²) in [6, 6.07) is 4.48. The Morgan fingerprint density at radius 3 is 2.63 bits per heavy atom. The highest BCUT2D eigenvalue weighted by Crippen LogP contribution is 2.38. The summed E-state index contributed by atoms with van der Waals surface area (Å²) in [5.74, 6) is -4.58. The van der Waals surface area contributed by atoms with Gasteiger partial charge >= 0.3 is 6.18 Å². The summed E-state index contributed by atoms with van der Waals surface area (Å²) >= 11 is 0. The zero-order chi connectivity index (χ0) is 22.1. The number of anilines is 1. The highest BCUT2D eigenvalue weighted by atomic mass is 19.4. The highest BCUT2D eigenvalue weighted by Gasteiger charge is 2.37. The van der Waals surface area contributed by atoms with Crippen molar-refractivity contribution >= 4 is 11.6 Å². The molecule has 0 saturated carbocycles. The Morgan fingerprint density at radius 2 is 2.00 bits per heavy atom. The first-order valence-corrected chi connectivity index (χ1v) is 8.98. The first-order chi connectivity index (χ1) is 13.9. The SMILES string of the molecule is NC(=O)c1cc(Oc2ncc(CN3CCCC(F)(F)C3)cc2C(F)(F)F)ccc1N. The van der Waals surface area contributed by atoms with Gasteiger partial charge in [-0.05, 0) is 42.8 Å². The zero-order valence-corrected chi connectivity index (χ0v) is 15.7. The average molecular weight is 430 g/mol. The second-order valence-electron chi connectivity index (χ2n) is 7.08. The number of hydrogen-bond acceptors (Lipinski definition) is 5. The molecule has 1 amide bonds. The molecule has 0 spiro atoms. The Bertz CT molecular complexity index is 949. The molecule has 0 radical (unpaired) electrons. The molecule has 6 nitrogen and oxygen atoms in total. The number of piperidine rings is 1. The Morgan fingerprint density at radius 1 is 1.27 bits per heavy atom. The van der Waals surface area contributed by atoms with Gasteiger partial charge in [0.2, 0.25) is 5.88 Å². The minimum absolute atomic E-state index is 0.0486. The first-order valence-electron chi connectivity index (χ1n) is 8.98. The number of pyridine rings is 1. The number of aromatic nitrogens is 1. The Labute approximate surface area is 168 Å². The van der Waals surface area contributed by atoms with E-state index in [1.807, 2.05) is 0 Å². The smallest absolute Gasteiger partial charge is 0.421 e. The predicted molar refractivity (Wildman–Crippen MR) is 98.1 cm³/mol. The molecule has 11 heteroatoms. The average Bonchev–Trinajstić information content (AvgIpc) is 2.62. The second kappa shape index (κ2) is 8.05. The maximum atomic E-state index is 13.6. The van der Waals surface area contributed by atoms with Gasteiger partial charge in [-0.15, -0.1) is 0 Å². The van der Waals surface area contributed by atoms with Gasteiger partial charge in [-0.2, -0.15) is 13.2 Å². The monoisotopic (exact) mass is 430 g/mol. The lowest BCUT2D eigenvalue weighted by molar-refractivity contribution is -0.139. The molecule has 1 aliphatic heterocycles. The van der Waals surface area contributed by atoms with E-state index in [-0.39, 0.29) is 42.0 Å². The summed E-state index contributed by atoms with van der Waals surface area (Å²) in [6.07, 6.45) is -3.64. The van der Waals surface area contributed by atoms with Crippen LogP contribution in [0.3, 0.4) is 0 Å². The summed E-state index contributed by atoms with van der Waals surface area (Å²) in [5, 5.41) is 0. The minimum Gasteiger partial charge on any atom is -0.438 e. The van der Waals surface area contributed by atoms with E-state index in [1.165, 1.54) is 17.0 Å². The van der Waals surface area contributed by atoms with Crippen molar-refractivity contribution in [3.05, 3.63) is 47.2 Å². The van der Waals surface area contributed by atoms with E-state index < -0.39 is 36.0 Å². The standard InChI is InChI=1S/C19H19F5N4O2/c20-18(21)4-1-5-28(10-18)9-11-6-14(19(22,23)24)17(27-8-11)30-12-2-3-15(25)13(7-12)16(26)29/h2-3,6-8H,1,4-5,9-10,25H2,(H2,26,29). The van der Waals surface area contributed by atoms with Crippen molar-refractivity contribution < 1.29 is 31.5 Å². The van der Waals surface area contributed by atoms with Crippen LogP contribution in [0, 0.1) is 0 Å². The normalized spacial score (nSPS) is 17.0. The quantitative estimate of drug-likeness (QED) is 0.556. The van der Waals surface area contributed by atoms with E-state index in [2.05, 4.69) is 4.98 Å². The van der Waals surface area contributed by atoms with Crippen molar-refractivity contribution in [2.24, 2.45) is 5.73 Å². The number of hydrogen-bond donors (Lipinski definition) is 2. The number of nitrogen functional groups attached to an aromatic ring is 1. The molecule has 2 aromatic rings. The van der Waals surface area contributed by atoms with Gasteiger partial charge in [-0.25, -0.2) is 13.8 Å². The molecule has 1 fully saturated rings. The zero-order valence-electron chi connectivity index (χ0n) is 15.7. The molecule has 4 N–H and O–H groups in total. The van der Waals surface area contributed by atoms with Gasteiger partial charge in [0.25, 0.3) is 11.8 Å². The second-order valence-corrected chi connectivity index (χ2v) is 7.08. The third-order valence-corrected chi connectivity index (χ3v) is 4.60. The van der Waals surface area contributed by atoms with E-state index >= 15 is 0 Å². The summed E-state index contributed by atoms with van der Waals surface area (Å²) in [5.41, 5.74) is 9.68. The van der Waals surface area contributed by atoms with Crippen molar-refractivity contribution in [1.29, 1.82) is 0 Å². The number of alkyl halides is 5. The number of nitrogens with two attached hydrogens (primary N) is 2. The number of ether oxygens (including phenoxy) is 1. The maximum Gasteiger partial charge on any atom is 0.421 e. The lowest BCUT2D eigenvalue weighted by atomic mass is 10.1. The van der Waals surface area contributed by atoms with E-state index in [1.54, 1.807) is 0 Å². The summed E-state index contributed by atoms with van der Waals surface area (Å²) in [4.78, 5) is 16.5. The maximum absolute atomic E-state index is 13.6. The van der Waals surface area contributed by atoms with Crippen molar-refractivity contribution in [3.8, 4) is 11.6 Å². The third-order valence-electron chi connectivity index (χ3n) is 4.60. The molecule has 1 aliphatic rings. The fourth-order valence-corrected chi connectivity index (χ4v) is 3.23. The lowest BCUT2D eigenvalue weighted by Gasteiger charge is -2.32. The number of halogens is 5. The van der Waals surface area contributed by atoms with Gasteiger partial charge in [0, 0.05) is 24.8 Å². The van der Waals surface area contributed by atoms with Crippen molar-refractivity contribution in [1.82, 2.24) is 9.88 Å². The lowest BCUT2D eigenvalue weighted by Crippen LogP contribution is -2.42. The van der Waals surface area contributed by atoms with Crippen LogP contribution in [0.25, 0.3) is 0 Å². The molecule has 2 heterocycles. The van der Waals surface area contributed by atoms with Crippen LogP contribution in [-0.4, -0.2) is 34.8 Å². The molecular weight excluding hydrogens is 411 g/mol. The van der Waals surface area contributed by atoms with E-state index in [4.69, 9.17) is 16.2 Å². The number of rotatable bonds is 5. The van der Waals surface area contributed by atoms with Gasteiger partial charge in [-0.1, -0.05) is 0 Å². The molecule has 162 valence electrons. The van der Waals surface area contributed by atoms with E-state index in [9.17, 15) is 26.7 Å². The van der Waals surface area contributed by atoms with E-state index in [0.29, 0.717) is 6.54 Å². The number of primary amides is 1. The van der Waals surface area contributed by atoms with Crippen LogP contribution in [-0.2, 0) is 12.7 Å². The van der Waals surface area contributed by atoms with Gasteiger partial charge in [0.1, 0.15) is 11.3 Å². The predicted octanol–water partition coefficient (Wildman–Crippen LogP) is 3.80. The van der Waals surface area contributed by atoms with Gasteiger partial charge < -0.3 is 16.2 Å². The molecule has 1 saturated heterocycles. The molecule has 30 heavy (non-hydrogen) atoms. The van der Waals surface area contributed by atoms with Gasteiger partial charge in [0.15, 0.2) is 0 Å². The molecular formula is C19H19F5N4O2. The Hall–Kier alpha value is -2.95. The minimum atomic E-state index is -4.80. The molecule has 0 unspecified atom stereocenters. The summed E-state index contributed by atoms with van der Waals surface area (Å²) in [7, 11) is 0. The number of nitrogens with zero attached hydrogens (tertiary/aromatic N) is 2. The third kappa shape index (κ3) is 5.15. The molecule has 0 aliphatic carbocycles. The Balaban J connectivity index is 1.87. The van der Waals surface area contributed by atoms with Crippen LogP contribution in [0.1, 0.15) is 34.3 Å². The van der Waals surface area contributed by atoms with Gasteiger partial charge in [-0.3, -0.25) is 9.69 Å². The van der Waals surface area contributed by atoms with E-state index in [0.717, 1.165) is 18.3 Å². The number of amides is 1. The molecule has 1 aromatic heterocycles. The van der Waals surface area contributed by atoms with Crippen molar-refractivity contribution in [2.75, 3.05) is 18.8 Å². The number of carbonyl (C=O) groups excluding carboxylic acids is 1. The molecule has 1 aromatic carbocycles. The van der Waals surface area contributed by atoms with Crippen LogP contribution in [0.5, 0.6) is 11.6 Å². The molecule has 0 bridgehead atoms.